The van der Waals surface area contributed by atoms with Crippen molar-refractivity contribution in [3.05, 3.63) is 12.2 Å². The quantitative estimate of drug-likeness (QED) is 0.730. The molecule has 4 aliphatic carbocycles. The largest absolute Gasteiger partial charge is 0.371 e. The van der Waals surface area contributed by atoms with Crippen molar-refractivity contribution in [2.45, 2.75) is 75.4 Å². The van der Waals surface area contributed by atoms with Crippen molar-refractivity contribution in [2.24, 2.45) is 23.3 Å². The number of carbonyl (C=O) groups excluding carboxylic acids is 1. The van der Waals surface area contributed by atoms with Crippen molar-refractivity contribution in [2.75, 3.05) is 13.2 Å². The molecule has 4 saturated carbocycles. The molecular weight excluding hydrogens is 304 g/mol. The van der Waals surface area contributed by atoms with E-state index in [1.807, 2.05) is 0 Å². The van der Waals surface area contributed by atoms with Crippen LogP contribution in [0.4, 0.5) is 4.79 Å². The van der Waals surface area contributed by atoms with E-state index in [9.17, 15) is 0 Å². The zero-order chi connectivity index (χ0) is 17.2. The third kappa shape index (κ3) is 4.12. The van der Waals surface area contributed by atoms with Gasteiger partial charge in [-0.25, -0.2) is 4.79 Å². The fraction of sp³-hybridized carbons (Fsp3) is 0.842. The van der Waals surface area contributed by atoms with Crippen LogP contribution in [-0.2, 0) is 9.47 Å². The number of ether oxygens (including phenoxy) is 2. The predicted molar refractivity (Wildman–Crippen MR) is 93.4 cm³/mol. The normalized spacial score (nSPS) is 38.8. The smallest absolute Gasteiger partial charge is 0.309 e. The van der Waals surface area contributed by atoms with E-state index >= 15 is 0 Å². The van der Waals surface area contributed by atoms with E-state index in [1.54, 1.807) is 0 Å². The highest BCUT2D eigenvalue weighted by atomic mass is 16.5. The van der Waals surface area contributed by atoms with Crippen molar-refractivity contribution >= 4 is 6.03 Å². The Bertz CT molecular complexity index is 435. The first-order valence-electron chi connectivity index (χ1n) is 9.40. The number of carbonyl (C=O) groups is 1. The fourth-order valence-corrected chi connectivity index (χ4v) is 5.23. The molecule has 0 unspecified atom stereocenters. The number of hydrogen-bond donors (Lipinski definition) is 2. The minimum atomic E-state index is -0.833. The monoisotopic (exact) mass is 336 g/mol. The van der Waals surface area contributed by atoms with Gasteiger partial charge in [-0.1, -0.05) is 6.58 Å². The molecule has 0 aliphatic heterocycles. The Morgan fingerprint density at radius 2 is 1.21 bits per heavy atom. The summed E-state index contributed by atoms with van der Waals surface area (Å²) in [6, 6.07) is -0.833. The molecule has 5 nitrogen and oxygen atoms in total. The maximum absolute atomic E-state index is 9.00. The van der Waals surface area contributed by atoms with Gasteiger partial charge < -0.3 is 20.9 Å². The van der Waals surface area contributed by atoms with E-state index in [2.05, 4.69) is 18.0 Å². The van der Waals surface area contributed by atoms with E-state index in [0.717, 1.165) is 17.4 Å². The van der Waals surface area contributed by atoms with Gasteiger partial charge in [0.2, 0.25) is 0 Å². The lowest BCUT2D eigenvalue weighted by molar-refractivity contribution is -0.0482. The van der Waals surface area contributed by atoms with Crippen molar-refractivity contribution in [3.8, 4) is 0 Å². The number of amides is 2. The van der Waals surface area contributed by atoms with Crippen LogP contribution in [0.2, 0.25) is 0 Å². The third-order valence-corrected chi connectivity index (χ3v) is 6.52. The highest BCUT2D eigenvalue weighted by Crippen LogP contribution is 2.51. The second-order valence-corrected chi connectivity index (χ2v) is 8.39. The Morgan fingerprint density at radius 3 is 1.46 bits per heavy atom. The molecule has 24 heavy (non-hydrogen) atoms. The number of fused-ring (bicyclic) bond motifs is 4. The number of nitrogens with two attached hydrogens (primary N) is 2. The van der Waals surface area contributed by atoms with Gasteiger partial charge in [0.1, 0.15) is 0 Å². The summed E-state index contributed by atoms with van der Waals surface area (Å²) in [6.07, 6.45) is 13.2. The van der Waals surface area contributed by atoms with Crippen molar-refractivity contribution in [1.29, 1.82) is 0 Å². The highest BCUT2D eigenvalue weighted by Gasteiger charge is 2.47. The third-order valence-electron chi connectivity index (χ3n) is 6.52. The lowest BCUT2D eigenvalue weighted by Gasteiger charge is -2.30. The van der Waals surface area contributed by atoms with E-state index < -0.39 is 6.03 Å². The van der Waals surface area contributed by atoms with Crippen LogP contribution in [-0.4, -0.2) is 30.4 Å². The summed E-state index contributed by atoms with van der Waals surface area (Å²) < 4.78 is 12.5. The molecule has 0 aromatic rings. The van der Waals surface area contributed by atoms with Crippen molar-refractivity contribution in [1.82, 2.24) is 0 Å². The Hall–Kier alpha value is -1.07. The first kappa shape index (κ1) is 17.7. The van der Waals surface area contributed by atoms with E-state index in [0.29, 0.717) is 13.2 Å². The molecule has 136 valence electrons. The van der Waals surface area contributed by atoms with Gasteiger partial charge in [-0.2, -0.15) is 0 Å². The first-order chi connectivity index (χ1) is 11.4. The minimum Gasteiger partial charge on any atom is -0.371 e. The molecule has 4 N–H and O–H groups in total. The molecule has 2 amide bonds. The van der Waals surface area contributed by atoms with Gasteiger partial charge in [-0.3, -0.25) is 0 Å². The molecule has 4 bridgehead atoms. The summed E-state index contributed by atoms with van der Waals surface area (Å²) >= 11 is 0. The average Bonchev–Trinajstić information content (AvgIpc) is 3.30. The zero-order valence-corrected chi connectivity index (χ0v) is 14.7. The maximum atomic E-state index is 9.00. The number of rotatable bonds is 6. The predicted octanol–water partition coefficient (Wildman–Crippen LogP) is 3.27. The summed E-state index contributed by atoms with van der Waals surface area (Å²) in [5.74, 6) is 1.90. The first-order valence-corrected chi connectivity index (χ1v) is 9.40. The Labute approximate surface area is 145 Å². The van der Waals surface area contributed by atoms with Gasteiger partial charge in [0.15, 0.2) is 0 Å². The standard InChI is InChI=1S/C18H28O2.CH4N2O/c1-14(12-19-17-6-2-15(10-17)3-7-17)13-20-18-8-4-16(11-18)5-9-18;2-1(3)4/h15-16H,1-13H2;(H4,2,3,4). The molecule has 0 spiro atoms. The summed E-state index contributed by atoms with van der Waals surface area (Å²) in [7, 11) is 0. The Kier molecular flexibility index (Phi) is 5.21. The van der Waals surface area contributed by atoms with Crippen LogP contribution in [0.25, 0.3) is 0 Å². The molecule has 0 saturated heterocycles. The Morgan fingerprint density at radius 1 is 0.875 bits per heavy atom. The summed E-state index contributed by atoms with van der Waals surface area (Å²) in [6.45, 7) is 5.61. The van der Waals surface area contributed by atoms with Gasteiger partial charge in [-0.15, -0.1) is 0 Å². The van der Waals surface area contributed by atoms with Gasteiger partial charge in [0.05, 0.1) is 24.4 Å². The lowest BCUT2D eigenvalue weighted by atomic mass is 9.97. The lowest BCUT2D eigenvalue weighted by Crippen LogP contribution is -2.30. The van der Waals surface area contributed by atoms with Gasteiger partial charge in [0.25, 0.3) is 0 Å². The van der Waals surface area contributed by atoms with Crippen LogP contribution in [0.3, 0.4) is 0 Å². The summed E-state index contributed by atoms with van der Waals surface area (Å²) in [5.41, 5.74) is 10.1. The van der Waals surface area contributed by atoms with Crippen molar-refractivity contribution in [3.63, 3.8) is 0 Å². The van der Waals surface area contributed by atoms with Gasteiger partial charge in [0, 0.05) is 0 Å². The topological polar surface area (TPSA) is 87.6 Å². The molecule has 0 atom stereocenters. The molecule has 0 aromatic heterocycles. The Balaban J connectivity index is 0.000000383. The highest BCUT2D eigenvalue weighted by molar-refractivity contribution is 5.69. The second kappa shape index (κ2) is 7.04. The van der Waals surface area contributed by atoms with Crippen molar-refractivity contribution < 1.29 is 14.3 Å². The minimum absolute atomic E-state index is 0.220. The van der Waals surface area contributed by atoms with Crippen LogP contribution >= 0.6 is 0 Å². The SMILES string of the molecule is C=C(COC12CCC(CC1)C2)COC12CCC(CC1)C2.NC(N)=O. The molecule has 4 fully saturated rings. The van der Waals surface area contributed by atoms with Crippen LogP contribution in [0.5, 0.6) is 0 Å². The van der Waals surface area contributed by atoms with Crippen LogP contribution < -0.4 is 11.5 Å². The van der Waals surface area contributed by atoms with Gasteiger partial charge in [-0.05, 0) is 81.6 Å². The molecule has 4 rings (SSSR count). The number of urea groups is 1. The van der Waals surface area contributed by atoms with Crippen LogP contribution in [0.15, 0.2) is 12.2 Å². The molecule has 0 radical (unpaired) electrons. The molecule has 5 heteroatoms. The van der Waals surface area contributed by atoms with E-state index in [-0.39, 0.29) is 11.2 Å². The average molecular weight is 336 g/mol. The summed E-state index contributed by atoms with van der Waals surface area (Å²) in [4.78, 5) is 9.00. The van der Waals surface area contributed by atoms with E-state index in [1.165, 1.54) is 64.2 Å². The summed E-state index contributed by atoms with van der Waals surface area (Å²) in [5, 5.41) is 0. The molecular formula is C19H32N2O3. The second-order valence-electron chi connectivity index (χ2n) is 8.39. The number of primary amides is 2. The van der Waals surface area contributed by atoms with E-state index in [4.69, 9.17) is 14.3 Å². The molecule has 4 aliphatic rings. The van der Waals surface area contributed by atoms with Crippen LogP contribution in [0.1, 0.15) is 64.2 Å². The van der Waals surface area contributed by atoms with Crippen LogP contribution in [0, 0.1) is 11.8 Å². The van der Waals surface area contributed by atoms with Gasteiger partial charge >= 0.3 is 6.03 Å². The number of hydrogen-bond acceptors (Lipinski definition) is 3. The maximum Gasteiger partial charge on any atom is 0.309 e. The fourth-order valence-electron chi connectivity index (χ4n) is 5.23. The zero-order valence-electron chi connectivity index (χ0n) is 14.7. The molecule has 0 heterocycles. The molecule has 0 aromatic carbocycles.